The van der Waals surface area contributed by atoms with Crippen LogP contribution in [-0.2, 0) is 14.8 Å². The number of amides is 1. The van der Waals surface area contributed by atoms with E-state index in [9.17, 15) is 13.2 Å². The predicted molar refractivity (Wildman–Crippen MR) is 131 cm³/mol. The van der Waals surface area contributed by atoms with Crippen LogP contribution in [0.25, 0.3) is 0 Å². The van der Waals surface area contributed by atoms with E-state index < -0.39 is 10.0 Å². The van der Waals surface area contributed by atoms with Crippen LogP contribution in [0, 0.1) is 13.8 Å². The van der Waals surface area contributed by atoms with Crippen LogP contribution in [0.5, 0.6) is 5.75 Å². The molecule has 174 valence electrons. The Morgan fingerprint density at radius 1 is 1.00 bits per heavy atom. The molecule has 33 heavy (non-hydrogen) atoms. The van der Waals surface area contributed by atoms with Crippen LogP contribution >= 0.6 is 0 Å². The Balaban J connectivity index is 1.92. The van der Waals surface area contributed by atoms with E-state index in [4.69, 9.17) is 4.74 Å². The maximum Gasteiger partial charge on any atom is 0.264 e. The van der Waals surface area contributed by atoms with E-state index in [1.165, 1.54) is 16.4 Å². The summed E-state index contributed by atoms with van der Waals surface area (Å²) in [5.41, 5.74) is 3.10. The second-order valence-corrected chi connectivity index (χ2v) is 9.78. The number of nitrogens with one attached hydrogen (secondary N) is 1. The number of rotatable bonds is 9. The lowest BCUT2D eigenvalue weighted by Gasteiger charge is -2.27. The first-order valence-corrected chi connectivity index (χ1v) is 12.3. The maximum atomic E-state index is 13.6. The number of sulfonamides is 1. The minimum atomic E-state index is -3.95. The molecule has 1 atom stereocenters. The third kappa shape index (κ3) is 5.73. The fourth-order valence-corrected chi connectivity index (χ4v) is 5.13. The van der Waals surface area contributed by atoms with Gasteiger partial charge in [0.25, 0.3) is 10.0 Å². The summed E-state index contributed by atoms with van der Waals surface area (Å²) in [6.45, 7) is 5.38. The fourth-order valence-electron chi connectivity index (χ4n) is 3.64. The summed E-state index contributed by atoms with van der Waals surface area (Å²) in [5, 5.41) is 2.99. The summed E-state index contributed by atoms with van der Waals surface area (Å²) >= 11 is 0. The molecule has 3 rings (SSSR count). The van der Waals surface area contributed by atoms with Gasteiger partial charge in [-0.15, -0.1) is 0 Å². The van der Waals surface area contributed by atoms with E-state index in [1.54, 1.807) is 31.4 Å². The van der Waals surface area contributed by atoms with E-state index >= 15 is 0 Å². The largest absolute Gasteiger partial charge is 0.497 e. The second kappa shape index (κ2) is 10.5. The van der Waals surface area contributed by atoms with Gasteiger partial charge in [-0.3, -0.25) is 9.10 Å². The zero-order valence-electron chi connectivity index (χ0n) is 19.4. The molecule has 0 aliphatic heterocycles. The topological polar surface area (TPSA) is 75.7 Å². The zero-order chi connectivity index (χ0) is 24.0. The van der Waals surface area contributed by atoms with Crippen LogP contribution in [0.1, 0.15) is 36.1 Å². The molecule has 6 nitrogen and oxygen atoms in total. The van der Waals surface area contributed by atoms with E-state index in [0.717, 1.165) is 22.4 Å². The number of hydrogen-bond donors (Lipinski definition) is 1. The van der Waals surface area contributed by atoms with Gasteiger partial charge in [0.05, 0.1) is 23.7 Å². The molecule has 0 radical (unpaired) electrons. The molecule has 0 saturated carbocycles. The average Bonchev–Trinajstić information content (AvgIpc) is 2.83. The van der Waals surface area contributed by atoms with Gasteiger partial charge in [-0.05, 0) is 67.3 Å². The summed E-state index contributed by atoms with van der Waals surface area (Å²) in [6, 6.07) is 21.0. The average molecular weight is 467 g/mol. The van der Waals surface area contributed by atoms with Crippen LogP contribution < -0.4 is 14.4 Å². The molecule has 0 spiro atoms. The van der Waals surface area contributed by atoms with Gasteiger partial charge in [0.15, 0.2) is 0 Å². The van der Waals surface area contributed by atoms with Gasteiger partial charge < -0.3 is 10.1 Å². The van der Waals surface area contributed by atoms with Gasteiger partial charge in [-0.25, -0.2) is 8.42 Å². The number of hydrogen-bond acceptors (Lipinski definition) is 4. The lowest BCUT2D eigenvalue weighted by atomic mass is 10.0. The number of anilines is 1. The standard InChI is InChI=1S/C26H30N2O4S/c1-5-24(21-13-15-22(32-4)16-14-21)27-26(29)18-28(25-17-19(2)11-12-20(25)3)33(30,31)23-9-7-6-8-10-23/h6-17,24H,5,18H2,1-4H3,(H,27,29)/t24-/m1/s1. The number of aryl methyl sites for hydroxylation is 2. The van der Waals surface area contributed by atoms with Crippen LogP contribution in [-0.4, -0.2) is 28.0 Å². The summed E-state index contributed by atoms with van der Waals surface area (Å²) in [5.74, 6) is 0.355. The van der Waals surface area contributed by atoms with Crippen molar-refractivity contribution in [2.75, 3.05) is 18.0 Å². The summed E-state index contributed by atoms with van der Waals surface area (Å²) in [4.78, 5) is 13.3. The van der Waals surface area contributed by atoms with Crippen molar-refractivity contribution in [1.29, 1.82) is 0 Å². The van der Waals surface area contributed by atoms with Crippen molar-refractivity contribution in [2.24, 2.45) is 0 Å². The van der Waals surface area contributed by atoms with Gasteiger partial charge in [0.1, 0.15) is 12.3 Å². The van der Waals surface area contributed by atoms with E-state index in [1.807, 2.05) is 57.2 Å². The Labute approximate surface area is 196 Å². The van der Waals surface area contributed by atoms with Crippen molar-refractivity contribution < 1.29 is 17.9 Å². The molecule has 3 aromatic carbocycles. The molecule has 0 fully saturated rings. The molecular weight excluding hydrogens is 436 g/mol. The number of ether oxygens (including phenoxy) is 1. The molecule has 0 heterocycles. The Morgan fingerprint density at radius 2 is 1.67 bits per heavy atom. The second-order valence-electron chi connectivity index (χ2n) is 7.92. The van der Waals surface area contributed by atoms with Crippen molar-refractivity contribution in [3.05, 3.63) is 89.5 Å². The molecule has 0 aromatic heterocycles. The smallest absolute Gasteiger partial charge is 0.264 e. The summed E-state index contributed by atoms with van der Waals surface area (Å²) in [7, 11) is -2.35. The zero-order valence-corrected chi connectivity index (χ0v) is 20.2. The molecule has 1 amide bonds. The minimum Gasteiger partial charge on any atom is -0.497 e. The molecular formula is C26H30N2O4S. The van der Waals surface area contributed by atoms with Crippen LogP contribution in [0.4, 0.5) is 5.69 Å². The van der Waals surface area contributed by atoms with Gasteiger partial charge in [0.2, 0.25) is 5.91 Å². The number of carbonyl (C=O) groups excluding carboxylic acids is 1. The molecule has 0 aliphatic rings. The SMILES string of the molecule is CC[C@@H](NC(=O)CN(c1cc(C)ccc1C)S(=O)(=O)c1ccccc1)c1ccc(OC)cc1. The number of benzene rings is 3. The van der Waals surface area contributed by atoms with Gasteiger partial charge in [-0.1, -0.05) is 49.4 Å². The molecule has 0 aliphatic carbocycles. The number of nitrogens with zero attached hydrogens (tertiary/aromatic N) is 1. The molecule has 0 unspecified atom stereocenters. The molecule has 0 bridgehead atoms. The van der Waals surface area contributed by atoms with Crippen LogP contribution in [0.2, 0.25) is 0 Å². The maximum absolute atomic E-state index is 13.6. The van der Waals surface area contributed by atoms with Crippen molar-refractivity contribution in [3.63, 3.8) is 0 Å². The molecule has 1 N–H and O–H groups in total. The lowest BCUT2D eigenvalue weighted by Crippen LogP contribution is -2.42. The predicted octanol–water partition coefficient (Wildman–Crippen LogP) is 4.77. The number of methoxy groups -OCH3 is 1. The minimum absolute atomic E-state index is 0.140. The highest BCUT2D eigenvalue weighted by Gasteiger charge is 2.29. The quantitative estimate of drug-likeness (QED) is 0.493. The Morgan fingerprint density at radius 3 is 2.27 bits per heavy atom. The van der Waals surface area contributed by atoms with Gasteiger partial charge in [-0.2, -0.15) is 0 Å². The highest BCUT2D eigenvalue weighted by molar-refractivity contribution is 7.92. The third-order valence-electron chi connectivity index (χ3n) is 5.51. The van der Waals surface area contributed by atoms with Crippen molar-refractivity contribution in [3.8, 4) is 5.75 Å². The van der Waals surface area contributed by atoms with Crippen molar-refractivity contribution >= 4 is 21.6 Å². The highest BCUT2D eigenvalue weighted by atomic mass is 32.2. The number of carbonyl (C=O) groups is 1. The molecule has 7 heteroatoms. The van der Waals surface area contributed by atoms with E-state index in [0.29, 0.717) is 12.1 Å². The molecule has 3 aromatic rings. The van der Waals surface area contributed by atoms with Gasteiger partial charge in [0, 0.05) is 0 Å². The first-order valence-electron chi connectivity index (χ1n) is 10.8. The fraction of sp³-hybridized carbons (Fsp3) is 0.269. The van der Waals surface area contributed by atoms with Gasteiger partial charge >= 0.3 is 0 Å². The van der Waals surface area contributed by atoms with Crippen LogP contribution in [0.15, 0.2) is 77.7 Å². The third-order valence-corrected chi connectivity index (χ3v) is 7.29. The first-order chi connectivity index (χ1) is 15.8. The summed E-state index contributed by atoms with van der Waals surface area (Å²) < 4.78 is 33.5. The Hall–Kier alpha value is -3.32. The summed E-state index contributed by atoms with van der Waals surface area (Å²) in [6.07, 6.45) is 0.660. The molecule has 0 saturated heterocycles. The Kier molecular flexibility index (Phi) is 7.76. The van der Waals surface area contributed by atoms with Crippen LogP contribution in [0.3, 0.4) is 0 Å². The van der Waals surface area contributed by atoms with E-state index in [-0.39, 0.29) is 23.4 Å². The normalized spacial score (nSPS) is 12.1. The lowest BCUT2D eigenvalue weighted by molar-refractivity contribution is -0.120. The van der Waals surface area contributed by atoms with Crippen molar-refractivity contribution in [2.45, 2.75) is 38.1 Å². The Bertz CT molecular complexity index is 1190. The monoisotopic (exact) mass is 466 g/mol. The highest BCUT2D eigenvalue weighted by Crippen LogP contribution is 2.28. The van der Waals surface area contributed by atoms with Crippen molar-refractivity contribution in [1.82, 2.24) is 5.32 Å². The van der Waals surface area contributed by atoms with E-state index in [2.05, 4.69) is 5.32 Å². The first kappa shape index (κ1) is 24.3.